The first-order valence-electron chi connectivity index (χ1n) is 5.92. The second-order valence-corrected chi connectivity index (χ2v) is 4.60. The maximum Gasteiger partial charge on any atom is 0.151 e. The van der Waals surface area contributed by atoms with Crippen LogP contribution in [0.25, 0.3) is 0 Å². The molecule has 1 fully saturated rings. The minimum atomic E-state index is 0.637. The van der Waals surface area contributed by atoms with Gasteiger partial charge in [0, 0.05) is 25.4 Å². The van der Waals surface area contributed by atoms with Gasteiger partial charge in [0.2, 0.25) is 0 Å². The predicted octanol–water partition coefficient (Wildman–Crippen LogP) is 2.52. The normalized spacial score (nSPS) is 16.3. The number of aldehydes is 1. The van der Waals surface area contributed by atoms with Crippen LogP contribution in [0.2, 0.25) is 0 Å². The van der Waals surface area contributed by atoms with Gasteiger partial charge in [-0.25, -0.2) is 4.98 Å². The maximum absolute atomic E-state index is 10.5. The Hall–Kier alpha value is -1.38. The van der Waals surface area contributed by atoms with Crippen LogP contribution in [-0.2, 0) is 0 Å². The molecule has 1 heterocycles. The lowest BCUT2D eigenvalue weighted by molar-refractivity contribution is 0.112. The summed E-state index contributed by atoms with van der Waals surface area (Å²) < 4.78 is 0. The van der Waals surface area contributed by atoms with Gasteiger partial charge in [-0.05, 0) is 30.9 Å². The summed E-state index contributed by atoms with van der Waals surface area (Å²) in [6.07, 6.45) is 7.89. The monoisotopic (exact) mass is 218 g/mol. The zero-order chi connectivity index (χ0) is 11.4. The molecule has 16 heavy (non-hydrogen) atoms. The van der Waals surface area contributed by atoms with Crippen molar-refractivity contribution in [2.75, 3.05) is 18.5 Å². The first kappa shape index (κ1) is 11.1. The zero-order valence-corrected chi connectivity index (χ0v) is 9.72. The highest BCUT2D eigenvalue weighted by molar-refractivity contribution is 5.74. The summed E-state index contributed by atoms with van der Waals surface area (Å²) in [5.41, 5.74) is 0.637. The van der Waals surface area contributed by atoms with Gasteiger partial charge in [0.05, 0.1) is 0 Å². The SMILES string of the molecule is CN(CC1CCCC1)c1ccc(C=O)cn1. The molecular formula is C13H18N2O. The summed E-state index contributed by atoms with van der Waals surface area (Å²) in [5, 5.41) is 0. The van der Waals surface area contributed by atoms with E-state index < -0.39 is 0 Å². The predicted molar refractivity (Wildman–Crippen MR) is 64.9 cm³/mol. The van der Waals surface area contributed by atoms with Gasteiger partial charge in [-0.15, -0.1) is 0 Å². The molecule has 0 spiro atoms. The summed E-state index contributed by atoms with van der Waals surface area (Å²) in [4.78, 5) is 17.0. The molecule has 2 rings (SSSR count). The number of aromatic nitrogens is 1. The Morgan fingerprint density at radius 1 is 1.44 bits per heavy atom. The van der Waals surface area contributed by atoms with Crippen LogP contribution in [0.5, 0.6) is 0 Å². The second kappa shape index (κ2) is 5.10. The molecule has 0 N–H and O–H groups in total. The van der Waals surface area contributed by atoms with Crippen LogP contribution in [0, 0.1) is 5.92 Å². The average Bonchev–Trinajstić information content (AvgIpc) is 2.82. The van der Waals surface area contributed by atoms with Crippen molar-refractivity contribution in [1.82, 2.24) is 4.98 Å². The Kier molecular flexibility index (Phi) is 3.54. The van der Waals surface area contributed by atoms with Crippen molar-refractivity contribution in [2.24, 2.45) is 5.92 Å². The molecular weight excluding hydrogens is 200 g/mol. The van der Waals surface area contributed by atoms with Crippen LogP contribution in [0.1, 0.15) is 36.0 Å². The van der Waals surface area contributed by atoms with E-state index in [0.29, 0.717) is 5.56 Å². The number of carbonyl (C=O) groups is 1. The Balaban J connectivity index is 1.96. The number of pyridine rings is 1. The number of rotatable bonds is 4. The number of carbonyl (C=O) groups excluding carboxylic acids is 1. The Morgan fingerprint density at radius 2 is 2.19 bits per heavy atom. The first-order chi connectivity index (χ1) is 7.79. The highest BCUT2D eigenvalue weighted by atomic mass is 16.1. The van der Waals surface area contributed by atoms with E-state index in [4.69, 9.17) is 0 Å². The van der Waals surface area contributed by atoms with E-state index >= 15 is 0 Å². The van der Waals surface area contributed by atoms with Gasteiger partial charge in [0.1, 0.15) is 5.82 Å². The van der Waals surface area contributed by atoms with E-state index in [1.807, 2.05) is 12.1 Å². The summed E-state index contributed by atoms with van der Waals surface area (Å²) in [6, 6.07) is 3.74. The minimum Gasteiger partial charge on any atom is -0.359 e. The Morgan fingerprint density at radius 3 is 2.75 bits per heavy atom. The molecule has 1 aromatic heterocycles. The van der Waals surface area contributed by atoms with E-state index in [1.165, 1.54) is 25.7 Å². The van der Waals surface area contributed by atoms with Crippen LogP contribution >= 0.6 is 0 Å². The number of hydrogen-bond donors (Lipinski definition) is 0. The van der Waals surface area contributed by atoms with Crippen LogP contribution in [-0.4, -0.2) is 24.9 Å². The minimum absolute atomic E-state index is 0.637. The Labute approximate surface area is 96.5 Å². The van der Waals surface area contributed by atoms with E-state index in [-0.39, 0.29) is 0 Å². The molecule has 0 unspecified atom stereocenters. The van der Waals surface area contributed by atoms with Gasteiger partial charge >= 0.3 is 0 Å². The third-order valence-corrected chi connectivity index (χ3v) is 3.30. The molecule has 0 aliphatic heterocycles. The molecule has 0 saturated heterocycles. The molecule has 0 amide bonds. The quantitative estimate of drug-likeness (QED) is 0.728. The fraction of sp³-hybridized carbons (Fsp3) is 0.538. The standard InChI is InChI=1S/C13H18N2O/c1-15(9-11-4-2-3-5-11)13-7-6-12(10-16)8-14-13/h6-8,10-11H,2-5,9H2,1H3. The van der Waals surface area contributed by atoms with Gasteiger partial charge < -0.3 is 4.90 Å². The molecule has 1 aliphatic rings. The van der Waals surface area contributed by atoms with E-state index in [9.17, 15) is 4.79 Å². The average molecular weight is 218 g/mol. The van der Waals surface area contributed by atoms with Crippen molar-refractivity contribution in [1.29, 1.82) is 0 Å². The zero-order valence-electron chi connectivity index (χ0n) is 9.72. The maximum atomic E-state index is 10.5. The lowest BCUT2D eigenvalue weighted by atomic mass is 10.1. The molecule has 1 saturated carbocycles. The van der Waals surface area contributed by atoms with E-state index in [1.54, 1.807) is 6.20 Å². The summed E-state index contributed by atoms with van der Waals surface area (Å²) in [7, 11) is 2.07. The molecule has 3 nitrogen and oxygen atoms in total. The van der Waals surface area contributed by atoms with E-state index in [0.717, 1.165) is 24.6 Å². The fourth-order valence-electron chi connectivity index (χ4n) is 2.37. The van der Waals surface area contributed by atoms with Crippen molar-refractivity contribution in [3.8, 4) is 0 Å². The molecule has 0 aromatic carbocycles. The van der Waals surface area contributed by atoms with Crippen LogP contribution in [0.15, 0.2) is 18.3 Å². The van der Waals surface area contributed by atoms with Crippen LogP contribution < -0.4 is 4.90 Å². The lowest BCUT2D eigenvalue weighted by Gasteiger charge is -2.21. The van der Waals surface area contributed by atoms with Gasteiger partial charge in [-0.3, -0.25) is 4.79 Å². The van der Waals surface area contributed by atoms with Gasteiger partial charge in [0.15, 0.2) is 6.29 Å². The van der Waals surface area contributed by atoms with Gasteiger partial charge in [-0.2, -0.15) is 0 Å². The molecule has 86 valence electrons. The summed E-state index contributed by atoms with van der Waals surface area (Å²) in [6.45, 7) is 1.08. The molecule has 0 radical (unpaired) electrons. The van der Waals surface area contributed by atoms with Crippen molar-refractivity contribution in [3.05, 3.63) is 23.9 Å². The Bertz CT molecular complexity index is 341. The third-order valence-electron chi connectivity index (χ3n) is 3.30. The summed E-state index contributed by atoms with van der Waals surface area (Å²) >= 11 is 0. The molecule has 0 bridgehead atoms. The highest BCUT2D eigenvalue weighted by Crippen LogP contribution is 2.26. The van der Waals surface area contributed by atoms with Gasteiger partial charge in [-0.1, -0.05) is 12.8 Å². The van der Waals surface area contributed by atoms with Crippen molar-refractivity contribution in [3.63, 3.8) is 0 Å². The summed E-state index contributed by atoms with van der Waals surface area (Å²) in [5.74, 6) is 1.77. The molecule has 1 aromatic rings. The first-order valence-corrected chi connectivity index (χ1v) is 5.92. The second-order valence-electron chi connectivity index (χ2n) is 4.60. The highest BCUT2D eigenvalue weighted by Gasteiger charge is 2.17. The van der Waals surface area contributed by atoms with Crippen LogP contribution in [0.3, 0.4) is 0 Å². The smallest absolute Gasteiger partial charge is 0.151 e. The molecule has 1 aliphatic carbocycles. The van der Waals surface area contributed by atoms with Crippen LogP contribution in [0.4, 0.5) is 5.82 Å². The number of anilines is 1. The number of nitrogens with zero attached hydrogens (tertiary/aromatic N) is 2. The van der Waals surface area contributed by atoms with Gasteiger partial charge in [0.25, 0.3) is 0 Å². The third kappa shape index (κ3) is 2.60. The number of hydrogen-bond acceptors (Lipinski definition) is 3. The van der Waals surface area contributed by atoms with E-state index in [2.05, 4.69) is 16.9 Å². The van der Waals surface area contributed by atoms with Crippen molar-refractivity contribution < 1.29 is 4.79 Å². The topological polar surface area (TPSA) is 33.2 Å². The lowest BCUT2D eigenvalue weighted by Crippen LogP contribution is -2.24. The molecule has 0 atom stereocenters. The molecule has 3 heteroatoms. The van der Waals surface area contributed by atoms with Crippen molar-refractivity contribution >= 4 is 12.1 Å². The largest absolute Gasteiger partial charge is 0.359 e. The fourth-order valence-corrected chi connectivity index (χ4v) is 2.37. The van der Waals surface area contributed by atoms with Crippen molar-refractivity contribution in [2.45, 2.75) is 25.7 Å².